The number of methoxy groups -OCH3 is 3. The molecule has 29 heavy (non-hydrogen) atoms. The number of hydrogen-bond donors (Lipinski definition) is 1. The first-order valence-electron chi connectivity index (χ1n) is 9.73. The van der Waals surface area contributed by atoms with Crippen LogP contribution in [0.1, 0.15) is 19.4 Å². The van der Waals surface area contributed by atoms with Crippen molar-refractivity contribution >= 4 is 23.3 Å². The van der Waals surface area contributed by atoms with Gasteiger partial charge in [0, 0.05) is 38.3 Å². The lowest BCUT2D eigenvalue weighted by Crippen LogP contribution is -2.54. The van der Waals surface area contributed by atoms with Crippen molar-refractivity contribution in [2.45, 2.75) is 19.9 Å². The topological polar surface area (TPSA) is 72.5 Å². The first-order chi connectivity index (χ1) is 14.0. The van der Waals surface area contributed by atoms with Crippen LogP contribution in [0.3, 0.4) is 0 Å². The fourth-order valence-corrected chi connectivity index (χ4v) is 3.54. The summed E-state index contributed by atoms with van der Waals surface area (Å²) in [7, 11) is 4.73. The van der Waals surface area contributed by atoms with E-state index < -0.39 is 0 Å². The molecule has 1 aliphatic rings. The van der Waals surface area contributed by atoms with Crippen LogP contribution >= 0.6 is 12.2 Å². The molecule has 1 amide bonds. The Morgan fingerprint density at radius 2 is 1.79 bits per heavy atom. The first-order valence-corrected chi connectivity index (χ1v) is 10.1. The van der Waals surface area contributed by atoms with E-state index in [9.17, 15) is 4.79 Å². The Bertz CT molecular complexity index is 686. The van der Waals surface area contributed by atoms with E-state index in [1.54, 1.807) is 26.2 Å². The number of hydrogen-bond acceptors (Lipinski definition) is 7. The van der Waals surface area contributed by atoms with Crippen LogP contribution in [0.2, 0.25) is 0 Å². The van der Waals surface area contributed by atoms with Gasteiger partial charge in [-0.25, -0.2) is 4.79 Å². The molecule has 1 unspecified atom stereocenters. The van der Waals surface area contributed by atoms with Crippen LogP contribution in [0, 0.1) is 0 Å². The van der Waals surface area contributed by atoms with Crippen molar-refractivity contribution < 1.29 is 23.7 Å². The monoisotopic (exact) mass is 425 g/mol. The summed E-state index contributed by atoms with van der Waals surface area (Å²) in [6.45, 7) is 7.57. The minimum Gasteiger partial charge on any atom is -0.493 e. The summed E-state index contributed by atoms with van der Waals surface area (Å²) in [4.78, 5) is 16.5. The van der Waals surface area contributed by atoms with Crippen LogP contribution in [0.4, 0.5) is 4.79 Å². The van der Waals surface area contributed by atoms with Crippen molar-refractivity contribution in [3.63, 3.8) is 0 Å². The van der Waals surface area contributed by atoms with Crippen molar-refractivity contribution in [1.29, 1.82) is 0 Å². The molecule has 9 heteroatoms. The SMILES string of the molecule is CCN(CC)C(=O)OCC1CN(C(=S)c2cc(OC)c(OC)c(OC)c2)CCN1. The van der Waals surface area contributed by atoms with E-state index in [0.29, 0.717) is 48.5 Å². The number of nitrogens with zero attached hydrogens (tertiary/aromatic N) is 2. The molecule has 1 aromatic carbocycles. The van der Waals surface area contributed by atoms with Crippen molar-refractivity contribution in [2.75, 3.05) is 60.7 Å². The molecule has 2 rings (SSSR count). The predicted octanol–water partition coefficient (Wildman–Crippen LogP) is 2.14. The number of thiocarbonyl (C=S) groups is 1. The molecule has 0 aliphatic carbocycles. The Balaban J connectivity index is 2.07. The first kappa shape index (κ1) is 23.0. The zero-order valence-electron chi connectivity index (χ0n) is 17.8. The quantitative estimate of drug-likeness (QED) is 0.635. The summed E-state index contributed by atoms with van der Waals surface area (Å²) in [5.41, 5.74) is 0.815. The van der Waals surface area contributed by atoms with Gasteiger partial charge in [0.05, 0.1) is 27.4 Å². The number of carbonyl (C=O) groups is 1. The highest BCUT2D eigenvalue weighted by Crippen LogP contribution is 2.38. The van der Waals surface area contributed by atoms with Crippen molar-refractivity contribution in [3.05, 3.63) is 17.7 Å². The zero-order valence-corrected chi connectivity index (χ0v) is 18.6. The summed E-state index contributed by atoms with van der Waals surface area (Å²) in [6.07, 6.45) is -0.291. The molecule has 0 radical (unpaired) electrons. The summed E-state index contributed by atoms with van der Waals surface area (Å²) in [5, 5.41) is 3.38. The Labute approximate surface area is 178 Å². The van der Waals surface area contributed by atoms with E-state index in [0.717, 1.165) is 18.7 Å². The van der Waals surface area contributed by atoms with E-state index in [4.69, 9.17) is 31.2 Å². The molecule has 1 saturated heterocycles. The third kappa shape index (κ3) is 5.63. The Kier molecular flexibility index (Phi) is 8.78. The Morgan fingerprint density at radius 3 is 2.31 bits per heavy atom. The number of amides is 1. The summed E-state index contributed by atoms with van der Waals surface area (Å²) in [6, 6.07) is 3.70. The van der Waals surface area contributed by atoms with Gasteiger partial charge in [-0.3, -0.25) is 0 Å². The molecule has 0 bridgehead atoms. The number of ether oxygens (including phenoxy) is 4. The average Bonchev–Trinajstić information content (AvgIpc) is 2.77. The molecule has 1 aromatic rings. The molecule has 0 aromatic heterocycles. The molecule has 0 saturated carbocycles. The van der Waals surface area contributed by atoms with Crippen LogP contribution in [0.5, 0.6) is 17.2 Å². The highest BCUT2D eigenvalue weighted by molar-refractivity contribution is 7.80. The smallest absolute Gasteiger partial charge is 0.409 e. The maximum atomic E-state index is 12.1. The van der Waals surface area contributed by atoms with E-state index >= 15 is 0 Å². The van der Waals surface area contributed by atoms with Crippen LogP contribution in [0.25, 0.3) is 0 Å². The molecule has 1 N–H and O–H groups in total. The molecule has 1 heterocycles. The molecule has 162 valence electrons. The largest absolute Gasteiger partial charge is 0.493 e. The molecule has 1 fully saturated rings. The van der Waals surface area contributed by atoms with E-state index in [1.807, 2.05) is 26.0 Å². The van der Waals surface area contributed by atoms with E-state index in [2.05, 4.69) is 10.2 Å². The van der Waals surface area contributed by atoms with Gasteiger partial charge in [-0.05, 0) is 26.0 Å². The molecular weight excluding hydrogens is 394 g/mol. The molecular formula is C20H31N3O5S. The third-order valence-electron chi connectivity index (χ3n) is 4.88. The molecule has 1 atom stereocenters. The number of nitrogens with one attached hydrogen (secondary N) is 1. The van der Waals surface area contributed by atoms with Crippen LogP contribution in [-0.2, 0) is 4.74 Å². The van der Waals surface area contributed by atoms with Gasteiger partial charge in [0.1, 0.15) is 11.6 Å². The third-order valence-corrected chi connectivity index (χ3v) is 5.38. The van der Waals surface area contributed by atoms with Crippen molar-refractivity contribution in [1.82, 2.24) is 15.1 Å². The highest BCUT2D eigenvalue weighted by Gasteiger charge is 2.25. The van der Waals surface area contributed by atoms with Gasteiger partial charge in [0.15, 0.2) is 11.5 Å². The summed E-state index contributed by atoms with van der Waals surface area (Å²) >= 11 is 5.73. The number of carbonyl (C=O) groups excluding carboxylic acids is 1. The lowest BCUT2D eigenvalue weighted by Gasteiger charge is -2.35. The Hall–Kier alpha value is -2.26. The maximum absolute atomic E-state index is 12.1. The average molecular weight is 426 g/mol. The normalized spacial score (nSPS) is 16.2. The predicted molar refractivity (Wildman–Crippen MR) is 115 cm³/mol. The van der Waals surface area contributed by atoms with Crippen molar-refractivity contribution in [2.24, 2.45) is 0 Å². The number of rotatable bonds is 8. The second kappa shape index (κ2) is 11.1. The fourth-order valence-electron chi connectivity index (χ4n) is 3.25. The highest BCUT2D eigenvalue weighted by atomic mass is 32.1. The van der Waals surface area contributed by atoms with Gasteiger partial charge in [-0.15, -0.1) is 0 Å². The second-order valence-electron chi connectivity index (χ2n) is 6.57. The van der Waals surface area contributed by atoms with Crippen molar-refractivity contribution in [3.8, 4) is 17.2 Å². The summed E-state index contributed by atoms with van der Waals surface area (Å²) in [5.74, 6) is 1.65. The van der Waals surface area contributed by atoms with E-state index in [1.165, 1.54) is 0 Å². The van der Waals surface area contributed by atoms with Crippen LogP contribution in [-0.4, -0.2) is 87.6 Å². The fraction of sp³-hybridized carbons (Fsp3) is 0.600. The van der Waals surface area contributed by atoms with Gasteiger partial charge in [-0.2, -0.15) is 0 Å². The van der Waals surface area contributed by atoms with Gasteiger partial charge >= 0.3 is 6.09 Å². The van der Waals surface area contributed by atoms with E-state index in [-0.39, 0.29) is 12.1 Å². The number of piperazine rings is 1. The minimum atomic E-state index is -0.291. The van der Waals surface area contributed by atoms with Crippen LogP contribution in [0.15, 0.2) is 12.1 Å². The lowest BCUT2D eigenvalue weighted by atomic mass is 10.1. The molecule has 8 nitrogen and oxygen atoms in total. The summed E-state index contributed by atoms with van der Waals surface area (Å²) < 4.78 is 21.7. The van der Waals surface area contributed by atoms with Gasteiger partial charge in [0.2, 0.25) is 5.75 Å². The standard InChI is InChI=1S/C20H31N3O5S/c1-6-22(7-2)20(24)28-13-15-12-23(9-8-21-15)19(29)14-10-16(25-3)18(27-5)17(11-14)26-4/h10-11,15,21H,6-9,12-13H2,1-5H3. The Morgan fingerprint density at radius 1 is 1.17 bits per heavy atom. The van der Waals surface area contributed by atoms with Gasteiger partial charge in [0.25, 0.3) is 0 Å². The second-order valence-corrected chi connectivity index (χ2v) is 6.95. The van der Waals surface area contributed by atoms with Crippen LogP contribution < -0.4 is 19.5 Å². The van der Waals surface area contributed by atoms with Gasteiger partial charge < -0.3 is 34.1 Å². The zero-order chi connectivity index (χ0) is 21.4. The maximum Gasteiger partial charge on any atom is 0.409 e. The van der Waals surface area contributed by atoms with Gasteiger partial charge in [-0.1, -0.05) is 12.2 Å². The molecule has 0 spiro atoms. The number of benzene rings is 1. The lowest BCUT2D eigenvalue weighted by molar-refractivity contribution is 0.0889. The minimum absolute atomic E-state index is 0.00301. The molecule has 1 aliphatic heterocycles.